The highest BCUT2D eigenvalue weighted by molar-refractivity contribution is 5.33. The maximum absolute atomic E-state index is 13.7. The van der Waals surface area contributed by atoms with Gasteiger partial charge in [-0.15, -0.1) is 0 Å². The molecule has 3 N–H and O–H groups in total. The summed E-state index contributed by atoms with van der Waals surface area (Å²) < 4.78 is 23.8. The zero-order valence-corrected chi connectivity index (χ0v) is 12.1. The van der Waals surface area contributed by atoms with Crippen molar-refractivity contribution >= 4 is 0 Å². The van der Waals surface area contributed by atoms with Gasteiger partial charge in [0.25, 0.3) is 0 Å². The van der Waals surface area contributed by atoms with E-state index in [-0.39, 0.29) is 17.6 Å². The van der Waals surface area contributed by atoms with Gasteiger partial charge in [-0.2, -0.15) is 0 Å². The van der Waals surface area contributed by atoms with E-state index in [4.69, 9.17) is 15.3 Å². The minimum atomic E-state index is -0.375. The smallest absolute Gasteiger partial charge is 0.165 e. The van der Waals surface area contributed by atoms with Crippen molar-refractivity contribution in [2.75, 3.05) is 14.2 Å². The number of nitrogens with two attached hydrogens (primary N) is 1. The van der Waals surface area contributed by atoms with Gasteiger partial charge in [-0.05, 0) is 41.8 Å². The second kappa shape index (κ2) is 7.06. The second-order valence-corrected chi connectivity index (χ2v) is 4.67. The van der Waals surface area contributed by atoms with Gasteiger partial charge >= 0.3 is 0 Å². The minimum absolute atomic E-state index is 0.108. The van der Waals surface area contributed by atoms with Gasteiger partial charge in [0.2, 0.25) is 0 Å². The van der Waals surface area contributed by atoms with Crippen LogP contribution in [-0.2, 0) is 6.42 Å². The molecule has 1 atom stereocenters. The number of halogens is 1. The molecular formula is C16H19FN2O2. The zero-order valence-electron chi connectivity index (χ0n) is 12.1. The van der Waals surface area contributed by atoms with Gasteiger partial charge in [-0.3, -0.25) is 11.3 Å². The van der Waals surface area contributed by atoms with Crippen LogP contribution in [0.5, 0.6) is 11.5 Å². The zero-order chi connectivity index (χ0) is 15.2. The molecule has 0 aromatic heterocycles. The van der Waals surface area contributed by atoms with Crippen molar-refractivity contribution in [3.8, 4) is 11.5 Å². The van der Waals surface area contributed by atoms with Crippen LogP contribution in [0.3, 0.4) is 0 Å². The Labute approximate surface area is 123 Å². The quantitative estimate of drug-likeness (QED) is 0.634. The maximum atomic E-state index is 13.7. The molecule has 0 aliphatic rings. The van der Waals surface area contributed by atoms with E-state index in [1.165, 1.54) is 13.2 Å². The summed E-state index contributed by atoms with van der Waals surface area (Å²) in [7, 11) is 3.06. The molecule has 2 rings (SSSR count). The fourth-order valence-electron chi connectivity index (χ4n) is 2.18. The molecule has 0 spiro atoms. The second-order valence-electron chi connectivity index (χ2n) is 4.67. The van der Waals surface area contributed by atoms with Gasteiger partial charge in [0.15, 0.2) is 11.6 Å². The van der Waals surface area contributed by atoms with Crippen molar-refractivity contribution in [1.29, 1.82) is 0 Å². The molecule has 0 aliphatic carbocycles. The molecule has 0 saturated carbocycles. The predicted octanol–water partition coefficient (Wildman–Crippen LogP) is 2.59. The molecule has 0 radical (unpaired) electrons. The van der Waals surface area contributed by atoms with Crippen LogP contribution < -0.4 is 20.7 Å². The van der Waals surface area contributed by atoms with E-state index in [1.54, 1.807) is 13.2 Å². The Hall–Kier alpha value is -2.11. The highest BCUT2D eigenvalue weighted by Crippen LogP contribution is 2.23. The molecular weight excluding hydrogens is 271 g/mol. The SMILES string of the molecule is COc1ccc(C(Cc2ccc(OC)c(F)c2)NN)cc1. The molecule has 112 valence electrons. The van der Waals surface area contributed by atoms with Crippen molar-refractivity contribution in [3.63, 3.8) is 0 Å². The summed E-state index contributed by atoms with van der Waals surface area (Å²) in [5.74, 6) is 6.26. The third-order valence-electron chi connectivity index (χ3n) is 3.38. The third kappa shape index (κ3) is 3.71. The Morgan fingerprint density at radius 3 is 2.33 bits per heavy atom. The summed E-state index contributed by atoms with van der Waals surface area (Å²) in [6, 6.07) is 12.4. The van der Waals surface area contributed by atoms with Gasteiger partial charge < -0.3 is 9.47 Å². The molecule has 1 unspecified atom stereocenters. The first kappa shape index (κ1) is 15.3. The van der Waals surface area contributed by atoms with Crippen molar-refractivity contribution in [1.82, 2.24) is 5.43 Å². The third-order valence-corrected chi connectivity index (χ3v) is 3.38. The Kier molecular flexibility index (Phi) is 5.14. The average Bonchev–Trinajstić information content (AvgIpc) is 2.53. The van der Waals surface area contributed by atoms with Crippen LogP contribution >= 0.6 is 0 Å². The van der Waals surface area contributed by atoms with Gasteiger partial charge in [-0.25, -0.2) is 4.39 Å². The molecule has 0 saturated heterocycles. The van der Waals surface area contributed by atoms with Crippen molar-refractivity contribution in [2.24, 2.45) is 5.84 Å². The van der Waals surface area contributed by atoms with Crippen molar-refractivity contribution < 1.29 is 13.9 Å². The van der Waals surface area contributed by atoms with E-state index in [1.807, 2.05) is 30.3 Å². The maximum Gasteiger partial charge on any atom is 0.165 e. The van der Waals surface area contributed by atoms with E-state index in [2.05, 4.69) is 5.43 Å². The summed E-state index contributed by atoms with van der Waals surface area (Å²) in [5.41, 5.74) is 4.61. The molecule has 0 bridgehead atoms. The first-order valence-electron chi connectivity index (χ1n) is 6.60. The largest absolute Gasteiger partial charge is 0.497 e. The van der Waals surface area contributed by atoms with Crippen molar-refractivity contribution in [3.05, 3.63) is 59.4 Å². The summed E-state index contributed by atoms with van der Waals surface area (Å²) in [5, 5.41) is 0. The number of hydrogen-bond donors (Lipinski definition) is 2. The van der Waals surface area contributed by atoms with E-state index in [9.17, 15) is 4.39 Å². The lowest BCUT2D eigenvalue weighted by atomic mass is 9.99. The van der Waals surface area contributed by atoms with E-state index >= 15 is 0 Å². The monoisotopic (exact) mass is 290 g/mol. The first-order valence-corrected chi connectivity index (χ1v) is 6.60. The minimum Gasteiger partial charge on any atom is -0.497 e. The summed E-state index contributed by atoms with van der Waals surface area (Å²) in [6.07, 6.45) is 0.573. The normalized spacial score (nSPS) is 12.0. The first-order chi connectivity index (χ1) is 10.2. The Morgan fingerprint density at radius 2 is 1.81 bits per heavy atom. The van der Waals surface area contributed by atoms with Gasteiger partial charge in [0.05, 0.1) is 14.2 Å². The van der Waals surface area contributed by atoms with Crippen LogP contribution in [-0.4, -0.2) is 14.2 Å². The lowest BCUT2D eigenvalue weighted by molar-refractivity contribution is 0.386. The molecule has 0 heterocycles. The van der Waals surface area contributed by atoms with Gasteiger partial charge in [-0.1, -0.05) is 18.2 Å². The molecule has 0 aliphatic heterocycles. The van der Waals surface area contributed by atoms with Crippen LogP contribution in [0.2, 0.25) is 0 Å². The van der Waals surface area contributed by atoms with Crippen LogP contribution in [0.25, 0.3) is 0 Å². The number of nitrogens with one attached hydrogen (secondary N) is 1. The lowest BCUT2D eigenvalue weighted by Gasteiger charge is -2.17. The molecule has 2 aromatic carbocycles. The molecule has 2 aromatic rings. The lowest BCUT2D eigenvalue weighted by Crippen LogP contribution is -2.29. The fourth-order valence-corrected chi connectivity index (χ4v) is 2.18. The summed E-state index contributed by atoms with van der Waals surface area (Å²) in [4.78, 5) is 0. The van der Waals surface area contributed by atoms with Crippen molar-refractivity contribution in [2.45, 2.75) is 12.5 Å². The number of methoxy groups -OCH3 is 2. The van der Waals surface area contributed by atoms with E-state index in [0.717, 1.165) is 16.9 Å². The van der Waals surface area contributed by atoms with E-state index < -0.39 is 0 Å². The Bertz CT molecular complexity index is 587. The molecule has 4 nitrogen and oxygen atoms in total. The van der Waals surface area contributed by atoms with Crippen LogP contribution in [0.15, 0.2) is 42.5 Å². The van der Waals surface area contributed by atoms with Crippen LogP contribution in [0, 0.1) is 5.82 Å². The highest BCUT2D eigenvalue weighted by atomic mass is 19.1. The van der Waals surface area contributed by atoms with E-state index in [0.29, 0.717) is 6.42 Å². The molecule has 5 heteroatoms. The standard InChI is InChI=1S/C16H19FN2O2/c1-20-13-6-4-12(5-7-13)15(19-18)10-11-3-8-16(21-2)14(17)9-11/h3-9,15,19H,10,18H2,1-2H3. The van der Waals surface area contributed by atoms with Gasteiger partial charge in [0.1, 0.15) is 5.75 Å². The summed E-state index contributed by atoms with van der Waals surface area (Å²) >= 11 is 0. The Balaban J connectivity index is 2.16. The number of hydrazine groups is 1. The van der Waals surface area contributed by atoms with Crippen LogP contribution in [0.1, 0.15) is 17.2 Å². The van der Waals surface area contributed by atoms with Crippen LogP contribution in [0.4, 0.5) is 4.39 Å². The number of benzene rings is 2. The predicted molar refractivity (Wildman–Crippen MR) is 79.7 cm³/mol. The number of hydrogen-bond acceptors (Lipinski definition) is 4. The molecule has 0 fully saturated rings. The number of ether oxygens (including phenoxy) is 2. The fraction of sp³-hybridized carbons (Fsp3) is 0.250. The summed E-state index contributed by atoms with van der Waals surface area (Å²) in [6.45, 7) is 0. The highest BCUT2D eigenvalue weighted by Gasteiger charge is 2.12. The molecule has 21 heavy (non-hydrogen) atoms. The average molecular weight is 290 g/mol. The van der Waals surface area contributed by atoms with Gasteiger partial charge in [0, 0.05) is 6.04 Å². The number of rotatable bonds is 6. The Morgan fingerprint density at radius 1 is 1.10 bits per heavy atom. The molecule has 0 amide bonds. The topological polar surface area (TPSA) is 56.5 Å².